The molecule has 0 spiro atoms. The van der Waals surface area contributed by atoms with Crippen molar-refractivity contribution < 1.29 is 23.9 Å². The fourth-order valence-corrected chi connectivity index (χ4v) is 7.69. The van der Waals surface area contributed by atoms with Crippen LogP contribution in [0.15, 0.2) is 23.2 Å². The maximum absolute atomic E-state index is 12.7. The van der Waals surface area contributed by atoms with Crippen molar-refractivity contribution in [3.8, 4) is 0 Å². The van der Waals surface area contributed by atoms with E-state index in [0.29, 0.717) is 39.5 Å². The second-order valence-electron chi connectivity index (χ2n) is 8.96. The van der Waals surface area contributed by atoms with Crippen molar-refractivity contribution in [1.29, 1.82) is 0 Å². The predicted octanol–water partition coefficient (Wildman–Crippen LogP) is 5.16. The van der Waals surface area contributed by atoms with Crippen LogP contribution in [0.3, 0.4) is 0 Å². The van der Waals surface area contributed by atoms with Crippen LogP contribution in [-0.2, 0) is 38.4 Å². The number of benzene rings is 1. The normalized spacial score (nSPS) is 15.5. The van der Waals surface area contributed by atoms with Gasteiger partial charge >= 0.3 is 5.97 Å². The number of nitrogens with zero attached hydrogens (tertiary/aromatic N) is 2. The van der Waals surface area contributed by atoms with E-state index in [9.17, 15) is 14.4 Å². The maximum atomic E-state index is 12.7. The zero-order valence-electron chi connectivity index (χ0n) is 21.5. The minimum absolute atomic E-state index is 0.0515. The fourth-order valence-electron chi connectivity index (χ4n) is 4.32. The minimum Gasteiger partial charge on any atom is -0.462 e. The summed E-state index contributed by atoms with van der Waals surface area (Å²) in [6.45, 7) is 5.25. The summed E-state index contributed by atoms with van der Waals surface area (Å²) in [4.78, 5) is 44.1. The fraction of sp³-hybridized carbons (Fsp3) is 0.462. The molecule has 1 aromatic carbocycles. The van der Waals surface area contributed by atoms with E-state index >= 15 is 0 Å². The number of thiophene rings is 1. The van der Waals surface area contributed by atoms with Gasteiger partial charge in [0.1, 0.15) is 5.00 Å². The number of amides is 2. The Morgan fingerprint density at radius 2 is 2.08 bits per heavy atom. The first-order valence-corrected chi connectivity index (χ1v) is 15.5. The lowest BCUT2D eigenvalue weighted by atomic mass is 9.88. The molecule has 2 aromatic heterocycles. The molecule has 4 rings (SSSR count). The molecule has 0 saturated heterocycles. The lowest BCUT2D eigenvalue weighted by molar-refractivity contribution is -0.115. The first kappa shape index (κ1) is 28.8. The smallest absolute Gasteiger partial charge is 0.341 e. The summed E-state index contributed by atoms with van der Waals surface area (Å²) in [5.41, 5.74) is 2.41. The average molecular weight is 596 g/mol. The van der Waals surface area contributed by atoms with Crippen molar-refractivity contribution >= 4 is 79.0 Å². The molecule has 8 nitrogen and oxygen atoms in total. The Morgan fingerprint density at radius 3 is 2.84 bits per heavy atom. The lowest BCUT2D eigenvalue weighted by Crippen LogP contribution is -2.20. The number of hydrogen-bond donors (Lipinski definition) is 1. The number of carbonyl (C=O) groups is 3. The molecular formula is C26H30ClN3O5S3. The molecule has 2 amide bonds. The van der Waals surface area contributed by atoms with Gasteiger partial charge < -0.3 is 19.4 Å². The van der Waals surface area contributed by atoms with Crippen LogP contribution in [0.2, 0.25) is 5.02 Å². The van der Waals surface area contributed by atoms with E-state index in [4.69, 9.17) is 21.1 Å². The van der Waals surface area contributed by atoms with Crippen molar-refractivity contribution in [2.75, 3.05) is 37.1 Å². The van der Waals surface area contributed by atoms with Gasteiger partial charge in [-0.05, 0) is 55.9 Å². The minimum atomic E-state index is -0.400. The first-order valence-electron chi connectivity index (χ1n) is 12.3. The zero-order valence-corrected chi connectivity index (χ0v) is 24.7. The third kappa shape index (κ3) is 6.87. The number of fused-ring (bicyclic) bond motifs is 2. The van der Waals surface area contributed by atoms with E-state index in [1.165, 1.54) is 34.4 Å². The molecule has 1 unspecified atom stereocenters. The molecule has 204 valence electrons. The Bertz CT molecular complexity index is 1410. The molecule has 38 heavy (non-hydrogen) atoms. The molecule has 12 heteroatoms. The SMILES string of the molecule is CCOC(=O)c1c(NC(=O)CSCC(=O)N=c2sc3cc(Cl)ccc3n2CCOC)sc2c1CCC(C)C2. The molecule has 1 aliphatic carbocycles. The number of rotatable bonds is 10. The molecule has 1 atom stereocenters. The molecule has 0 radical (unpaired) electrons. The number of carbonyl (C=O) groups excluding carboxylic acids is 3. The van der Waals surface area contributed by atoms with Crippen LogP contribution in [-0.4, -0.2) is 54.2 Å². The number of aromatic nitrogens is 1. The lowest BCUT2D eigenvalue weighted by Gasteiger charge is -2.18. The summed E-state index contributed by atoms with van der Waals surface area (Å²) >= 11 is 10.2. The van der Waals surface area contributed by atoms with Gasteiger partial charge in [0.25, 0.3) is 5.91 Å². The second-order valence-corrected chi connectivity index (χ2v) is 12.5. The standard InChI is InChI=1S/C26H30ClN3O5S3/c1-4-35-25(33)23-17-7-5-15(2)11-19(17)37-24(23)28-21(31)13-36-14-22(32)29-26-30(9-10-34-3)18-8-6-16(27)12-20(18)38-26/h6,8,12,15H,4-5,7,9-11,13-14H2,1-3H3,(H,28,31). The van der Waals surface area contributed by atoms with E-state index in [1.807, 2.05) is 16.7 Å². The number of methoxy groups -OCH3 is 1. The first-order chi connectivity index (χ1) is 18.3. The molecule has 2 heterocycles. The zero-order chi connectivity index (χ0) is 27.2. The number of ether oxygens (including phenoxy) is 2. The Kier molecular flexibility index (Phi) is 10.1. The molecule has 1 N–H and O–H groups in total. The summed E-state index contributed by atoms with van der Waals surface area (Å²) in [6.07, 6.45) is 2.70. The molecule has 0 bridgehead atoms. The van der Waals surface area contributed by atoms with Gasteiger partial charge in [0.2, 0.25) is 5.91 Å². The van der Waals surface area contributed by atoms with E-state index in [1.54, 1.807) is 20.1 Å². The highest BCUT2D eigenvalue weighted by molar-refractivity contribution is 8.00. The molecule has 1 aliphatic rings. The largest absolute Gasteiger partial charge is 0.462 e. The molecule has 3 aromatic rings. The van der Waals surface area contributed by atoms with Gasteiger partial charge in [-0.15, -0.1) is 23.1 Å². The van der Waals surface area contributed by atoms with Gasteiger partial charge in [-0.2, -0.15) is 4.99 Å². The predicted molar refractivity (Wildman–Crippen MR) is 155 cm³/mol. The number of esters is 1. The van der Waals surface area contributed by atoms with Crippen molar-refractivity contribution in [3.05, 3.63) is 44.0 Å². The highest BCUT2D eigenvalue weighted by atomic mass is 35.5. The monoisotopic (exact) mass is 595 g/mol. The third-order valence-corrected chi connectivity index (χ3v) is 9.45. The van der Waals surface area contributed by atoms with E-state index < -0.39 is 5.97 Å². The van der Waals surface area contributed by atoms with Gasteiger partial charge in [-0.25, -0.2) is 4.79 Å². The van der Waals surface area contributed by atoms with Crippen LogP contribution in [0.4, 0.5) is 5.00 Å². The number of thiazole rings is 1. The highest BCUT2D eigenvalue weighted by Gasteiger charge is 2.29. The van der Waals surface area contributed by atoms with E-state index in [-0.39, 0.29) is 29.9 Å². The van der Waals surface area contributed by atoms with Crippen LogP contribution >= 0.6 is 46.0 Å². The number of thioether (sulfide) groups is 1. The van der Waals surface area contributed by atoms with E-state index in [2.05, 4.69) is 17.2 Å². The Hall–Kier alpha value is -2.18. The summed E-state index contributed by atoms with van der Waals surface area (Å²) in [5.74, 6) is -0.352. The van der Waals surface area contributed by atoms with E-state index in [0.717, 1.165) is 39.9 Å². The topological polar surface area (TPSA) is 99.0 Å². The molecular weight excluding hydrogens is 566 g/mol. The summed E-state index contributed by atoms with van der Waals surface area (Å²) in [6, 6.07) is 5.55. The Balaban J connectivity index is 1.41. The quantitative estimate of drug-likeness (QED) is 0.325. The van der Waals surface area contributed by atoms with Crippen LogP contribution < -0.4 is 10.1 Å². The Labute approximate surface area is 238 Å². The van der Waals surface area contributed by atoms with Gasteiger partial charge in [0.05, 0.1) is 40.5 Å². The molecule has 0 saturated carbocycles. The number of hydrogen-bond acceptors (Lipinski definition) is 8. The van der Waals surface area contributed by atoms with Crippen LogP contribution in [0.5, 0.6) is 0 Å². The summed E-state index contributed by atoms with van der Waals surface area (Å²) < 4.78 is 13.3. The average Bonchev–Trinajstić information content (AvgIpc) is 3.38. The van der Waals surface area contributed by atoms with Crippen LogP contribution in [0, 0.1) is 5.92 Å². The summed E-state index contributed by atoms with van der Waals surface area (Å²) in [5, 5.41) is 4.04. The number of nitrogens with one attached hydrogen (secondary N) is 1. The van der Waals surface area contributed by atoms with Gasteiger partial charge in [-0.3, -0.25) is 9.59 Å². The summed E-state index contributed by atoms with van der Waals surface area (Å²) in [7, 11) is 1.62. The maximum Gasteiger partial charge on any atom is 0.341 e. The number of halogens is 1. The van der Waals surface area contributed by atoms with Crippen molar-refractivity contribution in [1.82, 2.24) is 4.57 Å². The molecule has 0 fully saturated rings. The van der Waals surface area contributed by atoms with Gasteiger partial charge in [0, 0.05) is 23.6 Å². The van der Waals surface area contributed by atoms with Crippen molar-refractivity contribution in [3.63, 3.8) is 0 Å². The van der Waals surface area contributed by atoms with Gasteiger partial charge in [0.15, 0.2) is 4.80 Å². The van der Waals surface area contributed by atoms with Gasteiger partial charge in [-0.1, -0.05) is 29.9 Å². The van der Waals surface area contributed by atoms with Crippen LogP contribution in [0.25, 0.3) is 10.2 Å². The van der Waals surface area contributed by atoms with Crippen LogP contribution in [0.1, 0.15) is 41.1 Å². The Morgan fingerprint density at radius 1 is 1.26 bits per heavy atom. The highest BCUT2D eigenvalue weighted by Crippen LogP contribution is 2.40. The second kappa shape index (κ2) is 13.3. The van der Waals surface area contributed by atoms with Crippen molar-refractivity contribution in [2.45, 2.75) is 39.7 Å². The number of anilines is 1. The van der Waals surface area contributed by atoms with Crippen molar-refractivity contribution in [2.24, 2.45) is 10.9 Å². The third-order valence-electron chi connectivity index (χ3n) is 6.09. The molecule has 0 aliphatic heterocycles.